The first-order valence-corrected chi connectivity index (χ1v) is 11.5. The van der Waals surface area contributed by atoms with Crippen molar-refractivity contribution in [2.75, 3.05) is 6.61 Å². The van der Waals surface area contributed by atoms with Gasteiger partial charge in [0.25, 0.3) is 5.91 Å². The lowest BCUT2D eigenvalue weighted by molar-refractivity contribution is -0.143. The molecule has 3 aromatic carbocycles. The molecule has 0 spiro atoms. The van der Waals surface area contributed by atoms with Crippen LogP contribution < -0.4 is 10.1 Å². The van der Waals surface area contributed by atoms with Crippen LogP contribution in [0.2, 0.25) is 5.02 Å². The molecular formula is C27H28ClFN2O3. The summed E-state index contributed by atoms with van der Waals surface area (Å²) >= 11 is 5.91. The molecule has 178 valence electrons. The molecule has 1 unspecified atom stereocenters. The molecule has 0 aliphatic rings. The smallest absolute Gasteiger partial charge is 0.261 e. The van der Waals surface area contributed by atoms with Crippen LogP contribution in [0.4, 0.5) is 4.39 Å². The molecule has 3 rings (SSSR count). The van der Waals surface area contributed by atoms with Gasteiger partial charge in [-0.1, -0.05) is 60.1 Å². The van der Waals surface area contributed by atoms with E-state index in [1.807, 2.05) is 44.2 Å². The molecule has 0 heterocycles. The standard InChI is InChI=1S/C27H28ClFN2O3/c1-19(2)30-27(33)25(16-20-8-4-3-5-9-20)31(17-21-10-6-7-11-24(21)29)26(32)18-34-23-14-12-22(28)13-15-23/h3-15,19,25H,16-18H2,1-2H3,(H,30,33). The average molecular weight is 483 g/mol. The molecule has 0 saturated carbocycles. The largest absolute Gasteiger partial charge is 0.484 e. The number of ether oxygens (including phenoxy) is 1. The molecular weight excluding hydrogens is 455 g/mol. The zero-order valence-electron chi connectivity index (χ0n) is 19.2. The van der Waals surface area contributed by atoms with Crippen LogP contribution in [-0.2, 0) is 22.6 Å². The first-order chi connectivity index (χ1) is 16.3. The predicted molar refractivity (Wildman–Crippen MR) is 131 cm³/mol. The maximum atomic E-state index is 14.5. The number of carbonyl (C=O) groups excluding carboxylic acids is 2. The van der Waals surface area contributed by atoms with Crippen molar-refractivity contribution in [3.8, 4) is 5.75 Å². The highest BCUT2D eigenvalue weighted by molar-refractivity contribution is 6.30. The molecule has 0 bridgehead atoms. The fraction of sp³-hybridized carbons (Fsp3) is 0.259. The first kappa shape index (κ1) is 25.2. The van der Waals surface area contributed by atoms with E-state index >= 15 is 0 Å². The monoisotopic (exact) mass is 482 g/mol. The Bertz CT molecular complexity index is 1090. The van der Waals surface area contributed by atoms with Crippen molar-refractivity contribution in [1.82, 2.24) is 10.2 Å². The van der Waals surface area contributed by atoms with E-state index in [1.165, 1.54) is 11.0 Å². The fourth-order valence-electron chi connectivity index (χ4n) is 3.50. The van der Waals surface area contributed by atoms with Gasteiger partial charge in [0.1, 0.15) is 17.6 Å². The van der Waals surface area contributed by atoms with Crippen LogP contribution in [0, 0.1) is 5.82 Å². The van der Waals surface area contributed by atoms with Gasteiger partial charge in [-0.25, -0.2) is 4.39 Å². The predicted octanol–water partition coefficient (Wildman–Crippen LogP) is 5.02. The van der Waals surface area contributed by atoms with Gasteiger partial charge >= 0.3 is 0 Å². The zero-order valence-corrected chi connectivity index (χ0v) is 20.0. The van der Waals surface area contributed by atoms with Gasteiger partial charge in [-0.3, -0.25) is 9.59 Å². The minimum atomic E-state index is -0.856. The normalized spacial score (nSPS) is 11.7. The molecule has 5 nitrogen and oxygen atoms in total. The Morgan fingerprint density at radius 1 is 0.971 bits per heavy atom. The third-order valence-electron chi connectivity index (χ3n) is 5.18. The highest BCUT2D eigenvalue weighted by atomic mass is 35.5. The van der Waals surface area contributed by atoms with E-state index in [-0.39, 0.29) is 31.5 Å². The van der Waals surface area contributed by atoms with E-state index in [1.54, 1.807) is 42.5 Å². The summed E-state index contributed by atoms with van der Waals surface area (Å²) in [7, 11) is 0. The molecule has 1 atom stereocenters. The molecule has 0 aliphatic heterocycles. The molecule has 1 N–H and O–H groups in total. The summed E-state index contributed by atoms with van der Waals surface area (Å²) in [5.74, 6) is -0.718. The molecule has 7 heteroatoms. The summed E-state index contributed by atoms with van der Waals surface area (Å²) in [4.78, 5) is 28.0. The molecule has 0 fully saturated rings. The molecule has 34 heavy (non-hydrogen) atoms. The van der Waals surface area contributed by atoms with Crippen LogP contribution in [0.5, 0.6) is 5.75 Å². The summed E-state index contributed by atoms with van der Waals surface area (Å²) in [6, 6.07) is 21.3. The van der Waals surface area contributed by atoms with Gasteiger partial charge in [0.2, 0.25) is 5.91 Å². The minimum absolute atomic E-state index is 0.0709. The lowest BCUT2D eigenvalue weighted by atomic mass is 10.0. The number of rotatable bonds is 10. The number of nitrogens with zero attached hydrogens (tertiary/aromatic N) is 1. The third-order valence-corrected chi connectivity index (χ3v) is 5.43. The Kier molecular flexibility index (Phi) is 9.05. The summed E-state index contributed by atoms with van der Waals surface area (Å²) in [6.45, 7) is 3.32. The zero-order chi connectivity index (χ0) is 24.5. The number of amides is 2. The van der Waals surface area contributed by atoms with Crippen molar-refractivity contribution in [3.05, 3.63) is 101 Å². The SMILES string of the molecule is CC(C)NC(=O)C(Cc1ccccc1)N(Cc1ccccc1F)C(=O)COc1ccc(Cl)cc1. The van der Waals surface area contributed by atoms with Gasteiger partial charge in [-0.15, -0.1) is 0 Å². The van der Waals surface area contributed by atoms with E-state index < -0.39 is 17.8 Å². The molecule has 0 radical (unpaired) electrons. The first-order valence-electron chi connectivity index (χ1n) is 11.1. The minimum Gasteiger partial charge on any atom is -0.484 e. The van der Waals surface area contributed by atoms with Crippen molar-refractivity contribution < 1.29 is 18.7 Å². The van der Waals surface area contributed by atoms with Crippen LogP contribution in [-0.4, -0.2) is 35.4 Å². The summed E-state index contributed by atoms with van der Waals surface area (Å²) < 4.78 is 20.2. The van der Waals surface area contributed by atoms with Crippen molar-refractivity contribution in [2.45, 2.75) is 38.9 Å². The van der Waals surface area contributed by atoms with E-state index in [2.05, 4.69) is 5.32 Å². The number of nitrogens with one attached hydrogen (secondary N) is 1. The molecule has 0 saturated heterocycles. The van der Waals surface area contributed by atoms with E-state index in [0.29, 0.717) is 16.3 Å². The highest BCUT2D eigenvalue weighted by Crippen LogP contribution is 2.19. The summed E-state index contributed by atoms with van der Waals surface area (Å²) in [6.07, 6.45) is 0.278. The van der Waals surface area contributed by atoms with Gasteiger partial charge in [-0.05, 0) is 49.7 Å². The van der Waals surface area contributed by atoms with Crippen LogP contribution in [0.25, 0.3) is 0 Å². The second kappa shape index (κ2) is 12.2. The number of carbonyl (C=O) groups is 2. The molecule has 0 aliphatic carbocycles. The van der Waals surface area contributed by atoms with Crippen molar-refractivity contribution in [2.24, 2.45) is 0 Å². The number of hydrogen-bond acceptors (Lipinski definition) is 3. The maximum absolute atomic E-state index is 14.5. The summed E-state index contributed by atoms with van der Waals surface area (Å²) in [5, 5.41) is 3.45. The second-order valence-corrected chi connectivity index (χ2v) is 8.66. The van der Waals surface area contributed by atoms with Crippen molar-refractivity contribution in [3.63, 3.8) is 0 Å². The highest BCUT2D eigenvalue weighted by Gasteiger charge is 2.31. The molecule has 0 aromatic heterocycles. The topological polar surface area (TPSA) is 58.6 Å². The van der Waals surface area contributed by atoms with Crippen LogP contribution >= 0.6 is 11.6 Å². The van der Waals surface area contributed by atoms with Gasteiger partial charge in [-0.2, -0.15) is 0 Å². The Morgan fingerprint density at radius 3 is 2.26 bits per heavy atom. The lowest BCUT2D eigenvalue weighted by Gasteiger charge is -2.32. The van der Waals surface area contributed by atoms with Crippen LogP contribution in [0.3, 0.4) is 0 Å². The lowest BCUT2D eigenvalue weighted by Crippen LogP contribution is -2.53. The number of hydrogen-bond donors (Lipinski definition) is 1. The second-order valence-electron chi connectivity index (χ2n) is 8.22. The Balaban J connectivity index is 1.91. The number of halogens is 2. The third kappa shape index (κ3) is 7.32. The van der Waals surface area contributed by atoms with Gasteiger partial charge < -0.3 is 15.0 Å². The Labute approximate surface area is 204 Å². The van der Waals surface area contributed by atoms with E-state index in [0.717, 1.165) is 5.56 Å². The van der Waals surface area contributed by atoms with E-state index in [4.69, 9.17) is 16.3 Å². The Morgan fingerprint density at radius 2 is 1.62 bits per heavy atom. The van der Waals surface area contributed by atoms with Crippen LogP contribution in [0.15, 0.2) is 78.9 Å². The molecule has 3 aromatic rings. The quantitative estimate of drug-likeness (QED) is 0.441. The van der Waals surface area contributed by atoms with Gasteiger partial charge in [0, 0.05) is 29.6 Å². The van der Waals surface area contributed by atoms with E-state index in [9.17, 15) is 14.0 Å². The average Bonchev–Trinajstić information content (AvgIpc) is 2.82. The van der Waals surface area contributed by atoms with Gasteiger partial charge in [0.15, 0.2) is 6.61 Å². The fourth-order valence-corrected chi connectivity index (χ4v) is 3.63. The number of benzene rings is 3. The maximum Gasteiger partial charge on any atom is 0.261 e. The molecule has 2 amide bonds. The van der Waals surface area contributed by atoms with Crippen LogP contribution in [0.1, 0.15) is 25.0 Å². The van der Waals surface area contributed by atoms with Crippen molar-refractivity contribution in [1.29, 1.82) is 0 Å². The van der Waals surface area contributed by atoms with Gasteiger partial charge in [0.05, 0.1) is 0 Å². The Hall–Kier alpha value is -3.38. The summed E-state index contributed by atoms with van der Waals surface area (Å²) in [5.41, 5.74) is 1.20. The van der Waals surface area contributed by atoms with Crippen molar-refractivity contribution >= 4 is 23.4 Å².